The Morgan fingerprint density at radius 2 is 2.26 bits per heavy atom. The number of carbonyl (C=O) groups excluding carboxylic acids is 1. The number of carbonyl (C=O) groups is 1. The topological polar surface area (TPSA) is 67.8 Å². The predicted octanol–water partition coefficient (Wildman–Crippen LogP) is 1.23. The molecule has 19 heavy (non-hydrogen) atoms. The average molecular weight is 265 g/mol. The van der Waals surface area contributed by atoms with Crippen molar-refractivity contribution in [3.63, 3.8) is 0 Å². The lowest BCUT2D eigenvalue weighted by Gasteiger charge is -2.18. The molecule has 1 aliphatic rings. The van der Waals surface area contributed by atoms with Crippen LogP contribution < -0.4 is 14.8 Å². The number of nitrogens with one attached hydrogen (secondary N) is 1. The number of hydrogen-bond donors (Lipinski definition) is 2. The van der Waals surface area contributed by atoms with E-state index in [0.29, 0.717) is 30.0 Å². The third kappa shape index (κ3) is 3.38. The molecule has 1 unspecified atom stereocenters. The van der Waals surface area contributed by atoms with Crippen LogP contribution in [0.5, 0.6) is 11.5 Å². The zero-order valence-corrected chi connectivity index (χ0v) is 11.0. The second-order valence-corrected chi connectivity index (χ2v) is 4.53. The Kier molecular flexibility index (Phi) is 4.63. The Morgan fingerprint density at radius 1 is 1.42 bits per heavy atom. The van der Waals surface area contributed by atoms with Crippen molar-refractivity contribution >= 4 is 5.91 Å². The van der Waals surface area contributed by atoms with Crippen LogP contribution in [-0.2, 0) is 11.4 Å². The van der Waals surface area contributed by atoms with E-state index in [9.17, 15) is 9.90 Å². The molecule has 1 saturated heterocycles. The molecule has 1 atom stereocenters. The molecule has 1 heterocycles. The van der Waals surface area contributed by atoms with Gasteiger partial charge in [0, 0.05) is 12.1 Å². The van der Waals surface area contributed by atoms with E-state index in [4.69, 9.17) is 9.47 Å². The monoisotopic (exact) mass is 265 g/mol. The van der Waals surface area contributed by atoms with Crippen LogP contribution >= 0.6 is 0 Å². The molecule has 1 aromatic rings. The molecular weight excluding hydrogens is 246 g/mol. The van der Waals surface area contributed by atoms with Crippen LogP contribution in [0.3, 0.4) is 0 Å². The summed E-state index contributed by atoms with van der Waals surface area (Å²) in [5.74, 6) is 1.10. The number of rotatable bonds is 4. The number of aliphatic hydroxyl groups excluding tert-OH is 1. The van der Waals surface area contributed by atoms with Crippen molar-refractivity contribution in [1.29, 1.82) is 0 Å². The number of aliphatic hydroxyl groups is 1. The normalized spacial score (nSPS) is 19.5. The highest BCUT2D eigenvalue weighted by Gasteiger charge is 2.23. The number of hydrogen-bond acceptors (Lipinski definition) is 4. The fourth-order valence-electron chi connectivity index (χ4n) is 2.10. The minimum absolute atomic E-state index is 0.0859. The SMILES string of the molecule is COc1ccc(OC2CCCCNC2=O)c(CO)c1. The van der Waals surface area contributed by atoms with Crippen LogP contribution in [0.1, 0.15) is 24.8 Å². The molecule has 0 spiro atoms. The Morgan fingerprint density at radius 3 is 3.00 bits per heavy atom. The number of benzene rings is 1. The zero-order chi connectivity index (χ0) is 13.7. The molecule has 0 aromatic heterocycles. The van der Waals surface area contributed by atoms with Gasteiger partial charge in [-0.2, -0.15) is 0 Å². The minimum Gasteiger partial charge on any atom is -0.497 e. The van der Waals surface area contributed by atoms with E-state index in [1.165, 1.54) is 0 Å². The third-order valence-electron chi connectivity index (χ3n) is 3.19. The largest absolute Gasteiger partial charge is 0.497 e. The maximum atomic E-state index is 11.8. The molecule has 2 N–H and O–H groups in total. The summed E-state index contributed by atoms with van der Waals surface area (Å²) in [6, 6.07) is 5.19. The highest BCUT2D eigenvalue weighted by molar-refractivity contribution is 5.81. The molecule has 0 aliphatic carbocycles. The summed E-state index contributed by atoms with van der Waals surface area (Å²) in [6.45, 7) is 0.551. The highest BCUT2D eigenvalue weighted by atomic mass is 16.5. The molecule has 0 bridgehead atoms. The Bertz CT molecular complexity index is 447. The van der Waals surface area contributed by atoms with Crippen molar-refractivity contribution in [2.24, 2.45) is 0 Å². The van der Waals surface area contributed by atoms with Crippen molar-refractivity contribution in [2.45, 2.75) is 32.0 Å². The zero-order valence-electron chi connectivity index (χ0n) is 11.0. The smallest absolute Gasteiger partial charge is 0.261 e. The number of methoxy groups -OCH3 is 1. The van der Waals surface area contributed by atoms with Crippen molar-refractivity contribution < 1.29 is 19.4 Å². The van der Waals surface area contributed by atoms with E-state index in [1.54, 1.807) is 25.3 Å². The molecule has 1 aliphatic heterocycles. The van der Waals surface area contributed by atoms with Crippen LogP contribution in [0.25, 0.3) is 0 Å². The number of ether oxygens (including phenoxy) is 2. The molecule has 5 nitrogen and oxygen atoms in total. The maximum Gasteiger partial charge on any atom is 0.261 e. The Labute approximate surface area is 112 Å². The van der Waals surface area contributed by atoms with Crippen LogP contribution in [0, 0.1) is 0 Å². The molecule has 1 fully saturated rings. The standard InChI is InChI=1S/C14H19NO4/c1-18-11-5-6-12(10(8-11)9-16)19-13-4-2-3-7-15-14(13)17/h5-6,8,13,16H,2-4,7,9H2,1H3,(H,15,17). The van der Waals surface area contributed by atoms with E-state index in [0.717, 1.165) is 12.8 Å². The Hall–Kier alpha value is -1.75. The summed E-state index contributed by atoms with van der Waals surface area (Å²) >= 11 is 0. The van der Waals surface area contributed by atoms with Crippen molar-refractivity contribution in [3.05, 3.63) is 23.8 Å². The van der Waals surface area contributed by atoms with Gasteiger partial charge in [-0.15, -0.1) is 0 Å². The first-order valence-electron chi connectivity index (χ1n) is 6.46. The highest BCUT2D eigenvalue weighted by Crippen LogP contribution is 2.26. The molecule has 1 amide bonds. The van der Waals surface area contributed by atoms with Gasteiger partial charge >= 0.3 is 0 Å². The van der Waals surface area contributed by atoms with Gasteiger partial charge in [0.05, 0.1) is 13.7 Å². The van der Waals surface area contributed by atoms with Gasteiger partial charge in [0.2, 0.25) is 0 Å². The van der Waals surface area contributed by atoms with E-state index >= 15 is 0 Å². The van der Waals surface area contributed by atoms with Gasteiger partial charge < -0.3 is 19.9 Å². The van der Waals surface area contributed by atoms with Gasteiger partial charge in [0.15, 0.2) is 6.10 Å². The summed E-state index contributed by atoms with van der Waals surface area (Å²) in [6.07, 6.45) is 2.14. The molecule has 0 radical (unpaired) electrons. The summed E-state index contributed by atoms with van der Waals surface area (Å²) in [5, 5.41) is 12.2. The molecule has 0 saturated carbocycles. The van der Waals surface area contributed by atoms with Crippen molar-refractivity contribution in [1.82, 2.24) is 5.32 Å². The fraction of sp³-hybridized carbons (Fsp3) is 0.500. The fourth-order valence-corrected chi connectivity index (χ4v) is 2.10. The summed E-state index contributed by atoms with van der Waals surface area (Å²) in [4.78, 5) is 11.8. The number of amides is 1. The summed E-state index contributed by atoms with van der Waals surface area (Å²) in [5.41, 5.74) is 0.622. The van der Waals surface area contributed by atoms with Crippen LogP contribution in [0.15, 0.2) is 18.2 Å². The van der Waals surface area contributed by atoms with E-state index in [-0.39, 0.29) is 12.5 Å². The average Bonchev–Trinajstić information content (AvgIpc) is 2.64. The van der Waals surface area contributed by atoms with Gasteiger partial charge in [-0.25, -0.2) is 0 Å². The lowest BCUT2D eigenvalue weighted by molar-refractivity contribution is -0.127. The van der Waals surface area contributed by atoms with Crippen LogP contribution in [0.4, 0.5) is 0 Å². The molecule has 104 valence electrons. The van der Waals surface area contributed by atoms with Gasteiger partial charge in [0.1, 0.15) is 11.5 Å². The first-order valence-corrected chi connectivity index (χ1v) is 6.46. The second kappa shape index (κ2) is 6.43. The minimum atomic E-state index is -0.485. The second-order valence-electron chi connectivity index (χ2n) is 4.53. The first kappa shape index (κ1) is 13.7. The maximum absolute atomic E-state index is 11.8. The third-order valence-corrected chi connectivity index (χ3v) is 3.19. The van der Waals surface area contributed by atoms with Crippen LogP contribution in [-0.4, -0.2) is 30.8 Å². The molecule has 5 heteroatoms. The van der Waals surface area contributed by atoms with E-state index in [1.807, 2.05) is 0 Å². The van der Waals surface area contributed by atoms with Crippen molar-refractivity contribution in [3.8, 4) is 11.5 Å². The van der Waals surface area contributed by atoms with Gasteiger partial charge in [-0.1, -0.05) is 0 Å². The first-order chi connectivity index (χ1) is 9.24. The van der Waals surface area contributed by atoms with Crippen molar-refractivity contribution in [2.75, 3.05) is 13.7 Å². The predicted molar refractivity (Wildman–Crippen MR) is 70.2 cm³/mol. The lowest BCUT2D eigenvalue weighted by Crippen LogP contribution is -2.36. The van der Waals surface area contributed by atoms with Gasteiger partial charge in [0.25, 0.3) is 5.91 Å². The summed E-state index contributed by atoms with van der Waals surface area (Å²) < 4.78 is 10.8. The lowest BCUT2D eigenvalue weighted by atomic mass is 10.1. The molecule has 2 rings (SSSR count). The van der Waals surface area contributed by atoms with Gasteiger partial charge in [-0.3, -0.25) is 4.79 Å². The Balaban J connectivity index is 2.15. The van der Waals surface area contributed by atoms with Gasteiger partial charge in [-0.05, 0) is 37.5 Å². The molecular formula is C14H19NO4. The van der Waals surface area contributed by atoms with E-state index in [2.05, 4.69) is 5.32 Å². The van der Waals surface area contributed by atoms with E-state index < -0.39 is 6.10 Å². The van der Waals surface area contributed by atoms with Crippen LogP contribution in [0.2, 0.25) is 0 Å². The summed E-state index contributed by atoms with van der Waals surface area (Å²) in [7, 11) is 1.57. The quantitative estimate of drug-likeness (QED) is 0.859. The molecule has 1 aromatic carbocycles.